The van der Waals surface area contributed by atoms with Gasteiger partial charge in [0.05, 0.1) is 0 Å². The van der Waals surface area contributed by atoms with Gasteiger partial charge in [-0.1, -0.05) is 30.3 Å². The lowest BCUT2D eigenvalue weighted by Gasteiger charge is -2.23. The third-order valence-corrected chi connectivity index (χ3v) is 4.00. The van der Waals surface area contributed by atoms with Gasteiger partial charge in [0.2, 0.25) is 0 Å². The van der Waals surface area contributed by atoms with Crippen LogP contribution in [0.2, 0.25) is 0 Å². The number of nitrogens with one attached hydrogen (secondary N) is 1. The van der Waals surface area contributed by atoms with Crippen molar-refractivity contribution in [2.75, 3.05) is 13.1 Å². The summed E-state index contributed by atoms with van der Waals surface area (Å²) in [7, 11) is 0. The van der Waals surface area contributed by atoms with Crippen molar-refractivity contribution in [1.29, 1.82) is 0 Å². The van der Waals surface area contributed by atoms with E-state index in [2.05, 4.69) is 54.7 Å². The molecule has 1 atom stereocenters. The fourth-order valence-corrected chi connectivity index (χ4v) is 3.02. The second-order valence-corrected chi connectivity index (χ2v) is 5.75. The molecule has 20 heavy (non-hydrogen) atoms. The first-order chi connectivity index (χ1) is 9.81. The van der Waals surface area contributed by atoms with E-state index in [0.29, 0.717) is 5.92 Å². The molecule has 2 heteroatoms. The van der Waals surface area contributed by atoms with Gasteiger partial charge in [-0.15, -0.1) is 0 Å². The highest BCUT2D eigenvalue weighted by molar-refractivity contribution is 5.29. The Morgan fingerprint density at radius 3 is 2.75 bits per heavy atom. The van der Waals surface area contributed by atoms with E-state index in [0.717, 1.165) is 25.2 Å². The van der Waals surface area contributed by atoms with Crippen LogP contribution in [0.15, 0.2) is 42.5 Å². The summed E-state index contributed by atoms with van der Waals surface area (Å²) in [5, 5.41) is 3.48. The molecule has 1 N–H and O–H groups in total. The number of piperidine rings is 1. The molecule has 0 bridgehead atoms. The molecule has 0 saturated carbocycles. The summed E-state index contributed by atoms with van der Waals surface area (Å²) in [6.07, 6.45) is 3.51. The van der Waals surface area contributed by atoms with Gasteiger partial charge in [0, 0.05) is 23.9 Å². The van der Waals surface area contributed by atoms with Crippen LogP contribution in [0.1, 0.15) is 41.3 Å². The maximum atomic E-state index is 4.76. The molecular weight excluding hydrogens is 244 g/mol. The lowest BCUT2D eigenvalue weighted by molar-refractivity contribution is 0.454. The first-order valence-corrected chi connectivity index (χ1v) is 7.53. The zero-order chi connectivity index (χ0) is 13.8. The lowest BCUT2D eigenvalue weighted by Crippen LogP contribution is -2.29. The molecule has 2 aromatic rings. The van der Waals surface area contributed by atoms with E-state index < -0.39 is 0 Å². The number of hydrogen-bond acceptors (Lipinski definition) is 2. The molecule has 2 heterocycles. The molecule has 104 valence electrons. The van der Waals surface area contributed by atoms with Crippen LogP contribution in [0.25, 0.3) is 0 Å². The normalized spacial score (nSPS) is 18.9. The largest absolute Gasteiger partial charge is 0.316 e. The number of aryl methyl sites for hydroxylation is 1. The highest BCUT2D eigenvalue weighted by Gasteiger charge is 2.17. The van der Waals surface area contributed by atoms with E-state index in [1.807, 2.05) is 0 Å². The molecule has 0 unspecified atom stereocenters. The fraction of sp³-hybridized carbons (Fsp3) is 0.389. The van der Waals surface area contributed by atoms with Gasteiger partial charge < -0.3 is 5.32 Å². The summed E-state index contributed by atoms with van der Waals surface area (Å²) in [6, 6.07) is 15.2. The third-order valence-electron chi connectivity index (χ3n) is 4.00. The van der Waals surface area contributed by atoms with E-state index in [4.69, 9.17) is 4.98 Å². The Balaban J connectivity index is 1.82. The molecular formula is C18H22N2. The number of aromatic nitrogens is 1. The van der Waals surface area contributed by atoms with Crippen molar-refractivity contribution in [3.05, 3.63) is 65.0 Å². The van der Waals surface area contributed by atoms with Crippen molar-refractivity contribution in [3.8, 4) is 0 Å². The Hall–Kier alpha value is -1.67. The van der Waals surface area contributed by atoms with Gasteiger partial charge in [-0.05, 0) is 56.0 Å². The summed E-state index contributed by atoms with van der Waals surface area (Å²) >= 11 is 0. The molecule has 1 aliphatic rings. The Kier molecular flexibility index (Phi) is 4.12. The third kappa shape index (κ3) is 3.26. The predicted molar refractivity (Wildman–Crippen MR) is 83.1 cm³/mol. The van der Waals surface area contributed by atoms with Crippen LogP contribution >= 0.6 is 0 Å². The number of benzene rings is 1. The number of hydrogen-bond donors (Lipinski definition) is 1. The zero-order valence-electron chi connectivity index (χ0n) is 12.1. The second kappa shape index (κ2) is 6.19. The zero-order valence-corrected chi connectivity index (χ0v) is 12.1. The Morgan fingerprint density at radius 2 is 2.00 bits per heavy atom. The highest BCUT2D eigenvalue weighted by atomic mass is 14.9. The van der Waals surface area contributed by atoms with Crippen molar-refractivity contribution in [2.24, 2.45) is 0 Å². The molecule has 0 amide bonds. The summed E-state index contributed by atoms with van der Waals surface area (Å²) in [4.78, 5) is 4.76. The van der Waals surface area contributed by atoms with Crippen LogP contribution in [0.4, 0.5) is 0 Å². The molecule has 1 saturated heterocycles. The van der Waals surface area contributed by atoms with E-state index in [1.165, 1.54) is 29.7 Å². The summed E-state index contributed by atoms with van der Waals surface area (Å²) in [5.41, 5.74) is 5.15. The standard InChI is InChI=1S/C18H22N2/c1-14-10-16(11-15-6-3-2-4-7-15)12-18(20-14)17-8-5-9-19-13-17/h2-4,6-7,10,12,17,19H,5,8-9,11,13H2,1H3/t17-/m1/s1. The van der Waals surface area contributed by atoms with E-state index in [-0.39, 0.29) is 0 Å². The van der Waals surface area contributed by atoms with Crippen molar-refractivity contribution in [2.45, 2.75) is 32.1 Å². The average Bonchev–Trinajstić information content (AvgIpc) is 2.49. The molecule has 0 radical (unpaired) electrons. The minimum Gasteiger partial charge on any atom is -0.316 e. The van der Waals surface area contributed by atoms with Crippen LogP contribution in [-0.2, 0) is 6.42 Å². The molecule has 1 aliphatic heterocycles. The molecule has 0 spiro atoms. The molecule has 0 aliphatic carbocycles. The number of pyridine rings is 1. The average molecular weight is 266 g/mol. The van der Waals surface area contributed by atoms with Crippen LogP contribution in [0.3, 0.4) is 0 Å². The monoisotopic (exact) mass is 266 g/mol. The van der Waals surface area contributed by atoms with Crippen molar-refractivity contribution in [1.82, 2.24) is 10.3 Å². The SMILES string of the molecule is Cc1cc(Cc2ccccc2)cc([C@@H]2CCCNC2)n1. The van der Waals surface area contributed by atoms with Crippen molar-refractivity contribution < 1.29 is 0 Å². The van der Waals surface area contributed by atoms with Gasteiger partial charge >= 0.3 is 0 Å². The topological polar surface area (TPSA) is 24.9 Å². The number of rotatable bonds is 3. The van der Waals surface area contributed by atoms with Crippen LogP contribution in [0.5, 0.6) is 0 Å². The summed E-state index contributed by atoms with van der Waals surface area (Å²) < 4.78 is 0. The van der Waals surface area contributed by atoms with Crippen molar-refractivity contribution in [3.63, 3.8) is 0 Å². The Bertz CT molecular complexity index is 557. The molecule has 2 nitrogen and oxygen atoms in total. The summed E-state index contributed by atoms with van der Waals surface area (Å²) in [6.45, 7) is 4.33. The van der Waals surface area contributed by atoms with E-state index >= 15 is 0 Å². The van der Waals surface area contributed by atoms with E-state index in [1.54, 1.807) is 0 Å². The smallest absolute Gasteiger partial charge is 0.0453 e. The maximum Gasteiger partial charge on any atom is 0.0453 e. The van der Waals surface area contributed by atoms with Crippen LogP contribution in [-0.4, -0.2) is 18.1 Å². The van der Waals surface area contributed by atoms with E-state index in [9.17, 15) is 0 Å². The predicted octanol–water partition coefficient (Wildman–Crippen LogP) is 3.45. The highest BCUT2D eigenvalue weighted by Crippen LogP contribution is 2.23. The summed E-state index contributed by atoms with van der Waals surface area (Å²) in [5.74, 6) is 0.582. The van der Waals surface area contributed by atoms with Crippen LogP contribution < -0.4 is 5.32 Å². The Morgan fingerprint density at radius 1 is 1.15 bits per heavy atom. The Labute approximate surface area is 121 Å². The van der Waals surface area contributed by atoms with Crippen molar-refractivity contribution >= 4 is 0 Å². The van der Waals surface area contributed by atoms with Gasteiger partial charge in [0.25, 0.3) is 0 Å². The van der Waals surface area contributed by atoms with Gasteiger partial charge in [-0.2, -0.15) is 0 Å². The minimum absolute atomic E-state index is 0.582. The van der Waals surface area contributed by atoms with Gasteiger partial charge in [-0.25, -0.2) is 0 Å². The lowest BCUT2D eigenvalue weighted by atomic mass is 9.93. The minimum atomic E-state index is 0.582. The number of nitrogens with zero attached hydrogens (tertiary/aromatic N) is 1. The first-order valence-electron chi connectivity index (χ1n) is 7.53. The fourth-order valence-electron chi connectivity index (χ4n) is 3.02. The van der Waals surface area contributed by atoms with Gasteiger partial charge in [0.15, 0.2) is 0 Å². The second-order valence-electron chi connectivity index (χ2n) is 5.75. The molecule has 1 fully saturated rings. The quantitative estimate of drug-likeness (QED) is 0.920. The molecule has 1 aromatic heterocycles. The molecule has 3 rings (SSSR count). The van der Waals surface area contributed by atoms with Crippen LogP contribution in [0, 0.1) is 6.92 Å². The van der Waals surface area contributed by atoms with Gasteiger partial charge in [-0.3, -0.25) is 4.98 Å². The first kappa shape index (κ1) is 13.3. The molecule has 1 aromatic carbocycles. The van der Waals surface area contributed by atoms with Gasteiger partial charge in [0.1, 0.15) is 0 Å². The maximum absolute atomic E-state index is 4.76.